The van der Waals surface area contributed by atoms with Crippen molar-refractivity contribution in [3.63, 3.8) is 0 Å². The summed E-state index contributed by atoms with van der Waals surface area (Å²) >= 11 is 5.69. The number of hydrogen-bond acceptors (Lipinski definition) is 3. The van der Waals surface area contributed by atoms with Crippen molar-refractivity contribution in [3.8, 4) is 0 Å². The SMILES string of the molecule is C/C(=C\NC(=O)Nc1ccc(Cl)c([N+](=O)[O-])c1)C(C)C. The minimum atomic E-state index is -0.603. The van der Waals surface area contributed by atoms with E-state index in [9.17, 15) is 14.9 Å². The van der Waals surface area contributed by atoms with Crippen molar-refractivity contribution in [2.24, 2.45) is 5.92 Å². The van der Waals surface area contributed by atoms with Crippen LogP contribution in [0.3, 0.4) is 0 Å². The van der Waals surface area contributed by atoms with Gasteiger partial charge in [0.1, 0.15) is 5.02 Å². The van der Waals surface area contributed by atoms with Crippen LogP contribution in [0.1, 0.15) is 20.8 Å². The number of rotatable bonds is 4. The van der Waals surface area contributed by atoms with Crippen molar-refractivity contribution in [2.75, 3.05) is 5.32 Å². The van der Waals surface area contributed by atoms with E-state index in [1.807, 2.05) is 20.8 Å². The Hall–Kier alpha value is -2.08. The predicted octanol–water partition coefficient (Wildman–Crippen LogP) is 3.93. The third-order valence-electron chi connectivity index (χ3n) is 2.74. The number of hydrogen-bond donors (Lipinski definition) is 2. The highest BCUT2D eigenvalue weighted by atomic mass is 35.5. The molecule has 108 valence electrons. The number of urea groups is 1. The summed E-state index contributed by atoms with van der Waals surface area (Å²) in [6.07, 6.45) is 1.60. The van der Waals surface area contributed by atoms with Gasteiger partial charge in [-0.05, 0) is 25.0 Å². The molecule has 1 aromatic carbocycles. The highest BCUT2D eigenvalue weighted by molar-refractivity contribution is 6.32. The first kappa shape index (κ1) is 16.0. The lowest BCUT2D eigenvalue weighted by atomic mass is 10.1. The minimum Gasteiger partial charge on any atom is -0.314 e. The van der Waals surface area contributed by atoms with Crippen LogP contribution >= 0.6 is 11.6 Å². The third kappa shape index (κ3) is 4.55. The van der Waals surface area contributed by atoms with Gasteiger partial charge in [0, 0.05) is 18.0 Å². The number of halogens is 1. The van der Waals surface area contributed by atoms with Gasteiger partial charge in [0.2, 0.25) is 0 Å². The highest BCUT2D eigenvalue weighted by Crippen LogP contribution is 2.27. The number of allylic oxidation sites excluding steroid dienone is 1. The highest BCUT2D eigenvalue weighted by Gasteiger charge is 2.13. The van der Waals surface area contributed by atoms with Crippen LogP contribution in [-0.2, 0) is 0 Å². The molecule has 0 aliphatic carbocycles. The van der Waals surface area contributed by atoms with Crippen LogP contribution in [0, 0.1) is 16.0 Å². The van der Waals surface area contributed by atoms with Crippen molar-refractivity contribution in [2.45, 2.75) is 20.8 Å². The number of carbonyl (C=O) groups is 1. The monoisotopic (exact) mass is 297 g/mol. The molecule has 0 bridgehead atoms. The van der Waals surface area contributed by atoms with E-state index in [2.05, 4.69) is 10.6 Å². The number of nitrogens with one attached hydrogen (secondary N) is 2. The van der Waals surface area contributed by atoms with Gasteiger partial charge in [-0.25, -0.2) is 4.79 Å². The zero-order chi connectivity index (χ0) is 15.3. The molecule has 0 saturated carbocycles. The van der Waals surface area contributed by atoms with Crippen molar-refractivity contribution >= 4 is 29.0 Å². The molecular weight excluding hydrogens is 282 g/mol. The Bertz CT molecular complexity index is 556. The summed E-state index contributed by atoms with van der Waals surface area (Å²) in [4.78, 5) is 21.8. The minimum absolute atomic E-state index is 0.0245. The third-order valence-corrected chi connectivity index (χ3v) is 3.06. The Labute approximate surface area is 122 Å². The number of nitrogens with zero attached hydrogens (tertiary/aromatic N) is 1. The normalized spacial score (nSPS) is 11.3. The largest absolute Gasteiger partial charge is 0.323 e. The summed E-state index contributed by atoms with van der Waals surface area (Å²) in [7, 11) is 0. The number of anilines is 1. The van der Waals surface area contributed by atoms with Crippen LogP contribution in [0.2, 0.25) is 5.02 Å². The fourth-order valence-corrected chi connectivity index (χ4v) is 1.43. The Balaban J connectivity index is 2.74. The molecule has 2 amide bonds. The molecule has 0 atom stereocenters. The van der Waals surface area contributed by atoms with Crippen molar-refractivity contribution in [1.29, 1.82) is 0 Å². The van der Waals surface area contributed by atoms with Gasteiger partial charge in [0.25, 0.3) is 5.69 Å². The molecule has 0 heterocycles. The molecule has 6 nitrogen and oxygen atoms in total. The van der Waals surface area contributed by atoms with Crippen molar-refractivity contribution in [1.82, 2.24) is 5.32 Å². The molecule has 0 spiro atoms. The van der Waals surface area contributed by atoms with Gasteiger partial charge < -0.3 is 10.6 Å². The maximum absolute atomic E-state index is 11.6. The second-order valence-corrected chi connectivity index (χ2v) is 4.97. The maximum atomic E-state index is 11.6. The number of amides is 2. The van der Waals surface area contributed by atoms with Crippen LogP contribution in [0.5, 0.6) is 0 Å². The van der Waals surface area contributed by atoms with Gasteiger partial charge >= 0.3 is 6.03 Å². The summed E-state index contributed by atoms with van der Waals surface area (Å²) in [5.74, 6) is 0.326. The number of carbonyl (C=O) groups excluding carboxylic acids is 1. The zero-order valence-corrected chi connectivity index (χ0v) is 12.2. The summed E-state index contributed by atoms with van der Waals surface area (Å²) in [6, 6.07) is 3.60. The van der Waals surface area contributed by atoms with E-state index < -0.39 is 11.0 Å². The quantitative estimate of drug-likeness (QED) is 0.652. The molecule has 1 rings (SSSR count). The first-order valence-corrected chi connectivity index (χ1v) is 6.37. The van der Waals surface area contributed by atoms with Crippen molar-refractivity contribution < 1.29 is 9.72 Å². The fraction of sp³-hybridized carbons (Fsp3) is 0.308. The summed E-state index contributed by atoms with van der Waals surface area (Å²) in [5.41, 5.74) is 1.06. The van der Waals surface area contributed by atoms with Gasteiger partial charge in [-0.15, -0.1) is 0 Å². The van der Waals surface area contributed by atoms with Gasteiger partial charge in [-0.2, -0.15) is 0 Å². The average molecular weight is 298 g/mol. The van der Waals surface area contributed by atoms with E-state index in [-0.39, 0.29) is 10.7 Å². The van der Waals surface area contributed by atoms with Crippen LogP contribution in [0.25, 0.3) is 0 Å². The summed E-state index contributed by atoms with van der Waals surface area (Å²) in [6.45, 7) is 5.92. The van der Waals surface area contributed by atoms with Gasteiger partial charge in [0.15, 0.2) is 0 Å². The van der Waals surface area contributed by atoms with E-state index in [0.29, 0.717) is 11.6 Å². The number of benzene rings is 1. The topological polar surface area (TPSA) is 84.3 Å². The van der Waals surface area contributed by atoms with Gasteiger partial charge in [-0.3, -0.25) is 10.1 Å². The molecule has 1 aromatic rings. The Morgan fingerprint density at radius 2 is 2.10 bits per heavy atom. The lowest BCUT2D eigenvalue weighted by Gasteiger charge is -2.08. The average Bonchev–Trinajstić information content (AvgIpc) is 2.37. The summed E-state index contributed by atoms with van der Waals surface area (Å²) < 4.78 is 0. The van der Waals surface area contributed by atoms with Crippen LogP contribution in [0.15, 0.2) is 30.0 Å². The smallest absolute Gasteiger partial charge is 0.314 e. The molecule has 0 radical (unpaired) electrons. The lowest BCUT2D eigenvalue weighted by molar-refractivity contribution is -0.384. The summed E-state index contributed by atoms with van der Waals surface area (Å²) in [5, 5.41) is 15.8. The lowest BCUT2D eigenvalue weighted by Crippen LogP contribution is -2.24. The molecule has 2 N–H and O–H groups in total. The Morgan fingerprint density at radius 3 is 2.65 bits per heavy atom. The Morgan fingerprint density at radius 1 is 1.45 bits per heavy atom. The molecule has 0 aliphatic rings. The van der Waals surface area contributed by atoms with Crippen molar-refractivity contribution in [3.05, 3.63) is 45.1 Å². The molecular formula is C13H16ClN3O3. The van der Waals surface area contributed by atoms with E-state index in [4.69, 9.17) is 11.6 Å². The second-order valence-electron chi connectivity index (χ2n) is 4.56. The first-order chi connectivity index (χ1) is 9.31. The molecule has 0 aromatic heterocycles. The van der Waals surface area contributed by atoms with E-state index >= 15 is 0 Å². The van der Waals surface area contributed by atoms with Crippen LogP contribution in [0.4, 0.5) is 16.2 Å². The molecule has 20 heavy (non-hydrogen) atoms. The number of nitro benzene ring substituents is 1. The molecule has 0 unspecified atom stereocenters. The number of nitro groups is 1. The van der Waals surface area contributed by atoms with E-state index in [0.717, 1.165) is 5.57 Å². The fourth-order valence-electron chi connectivity index (χ4n) is 1.24. The predicted molar refractivity (Wildman–Crippen MR) is 78.9 cm³/mol. The molecule has 0 aliphatic heterocycles. The molecule has 0 fully saturated rings. The van der Waals surface area contributed by atoms with Gasteiger partial charge in [0.05, 0.1) is 4.92 Å². The second kappa shape index (κ2) is 6.91. The van der Waals surface area contributed by atoms with E-state index in [1.165, 1.54) is 18.2 Å². The Kier molecular flexibility index (Phi) is 5.52. The van der Waals surface area contributed by atoms with E-state index in [1.54, 1.807) is 6.20 Å². The standard InChI is InChI=1S/C13H16ClN3O3/c1-8(2)9(3)7-15-13(18)16-10-4-5-11(14)12(6-10)17(19)20/h4-8H,1-3H3,(H2,15,16,18)/b9-7+. The maximum Gasteiger partial charge on any atom is 0.323 e. The van der Waals surface area contributed by atoms with Gasteiger partial charge in [-0.1, -0.05) is 31.0 Å². The molecule has 7 heteroatoms. The molecule has 0 saturated heterocycles. The zero-order valence-electron chi connectivity index (χ0n) is 11.4. The first-order valence-electron chi connectivity index (χ1n) is 5.99. The van der Waals surface area contributed by atoms with Crippen LogP contribution in [-0.4, -0.2) is 11.0 Å². The van der Waals surface area contributed by atoms with Crippen LogP contribution < -0.4 is 10.6 Å².